The van der Waals surface area contributed by atoms with E-state index in [0.29, 0.717) is 5.69 Å². The fraction of sp³-hybridized carbons (Fsp3) is 0.154. The molecule has 0 radical (unpaired) electrons. The van der Waals surface area contributed by atoms with Gasteiger partial charge < -0.3 is 5.11 Å². The fourth-order valence-electron chi connectivity index (χ4n) is 1.58. The van der Waals surface area contributed by atoms with Crippen molar-refractivity contribution in [3.63, 3.8) is 0 Å². The fourth-order valence-corrected chi connectivity index (χ4v) is 2.60. The zero-order valence-corrected chi connectivity index (χ0v) is 11.7. The van der Waals surface area contributed by atoms with E-state index in [9.17, 15) is 13.2 Å². The van der Waals surface area contributed by atoms with Crippen LogP contribution in [0.4, 0.5) is 5.82 Å². The van der Waals surface area contributed by atoms with Gasteiger partial charge in [-0.05, 0) is 24.3 Å². The van der Waals surface area contributed by atoms with Crippen molar-refractivity contribution in [3.8, 4) is 0 Å². The van der Waals surface area contributed by atoms with Gasteiger partial charge in [0, 0.05) is 24.5 Å². The second-order valence-electron chi connectivity index (χ2n) is 4.23. The number of anilines is 1. The first-order chi connectivity index (χ1) is 9.96. The molecule has 2 rings (SSSR count). The monoisotopic (exact) mass is 307 g/mol. The van der Waals surface area contributed by atoms with Gasteiger partial charge in [0.2, 0.25) is 10.0 Å². The highest BCUT2D eigenvalue weighted by atomic mass is 32.2. The molecule has 0 aliphatic heterocycles. The van der Waals surface area contributed by atoms with Crippen LogP contribution in [0.3, 0.4) is 0 Å². The molecule has 0 amide bonds. The topological polar surface area (TPSA) is 109 Å². The molecule has 21 heavy (non-hydrogen) atoms. The molecule has 2 heterocycles. The summed E-state index contributed by atoms with van der Waals surface area (Å²) >= 11 is 0. The van der Waals surface area contributed by atoms with Crippen molar-refractivity contribution in [1.82, 2.24) is 9.97 Å². The molecular weight excluding hydrogens is 294 g/mol. The lowest BCUT2D eigenvalue weighted by Gasteiger charge is -2.07. The standard InChI is InChI=1S/C13H13N3O4S/c17-13(18)10-4-5-12(15-9-10)16-21(19,20)8-6-11-3-1-2-7-14-11/h1-5,7,9H,6,8H2,(H,15,16)(H,17,18). The van der Waals surface area contributed by atoms with Gasteiger partial charge in [0.05, 0.1) is 11.3 Å². The van der Waals surface area contributed by atoms with E-state index in [1.54, 1.807) is 24.4 Å². The van der Waals surface area contributed by atoms with Crippen molar-refractivity contribution in [3.05, 3.63) is 54.0 Å². The molecule has 0 unspecified atom stereocenters. The molecule has 0 fully saturated rings. The Morgan fingerprint density at radius 2 is 2.00 bits per heavy atom. The number of carboxylic acid groups (broad SMARTS) is 1. The summed E-state index contributed by atoms with van der Waals surface area (Å²) in [5, 5.41) is 8.73. The van der Waals surface area contributed by atoms with Crippen LogP contribution in [0.5, 0.6) is 0 Å². The van der Waals surface area contributed by atoms with Crippen molar-refractivity contribution >= 4 is 21.8 Å². The van der Waals surface area contributed by atoms with Crippen molar-refractivity contribution < 1.29 is 18.3 Å². The number of hydrogen-bond donors (Lipinski definition) is 2. The number of rotatable bonds is 6. The van der Waals surface area contributed by atoms with Crippen LogP contribution in [0.15, 0.2) is 42.7 Å². The number of nitrogens with one attached hydrogen (secondary N) is 1. The average molecular weight is 307 g/mol. The Morgan fingerprint density at radius 1 is 1.19 bits per heavy atom. The van der Waals surface area contributed by atoms with Gasteiger partial charge in [0.15, 0.2) is 0 Å². The molecule has 0 aliphatic rings. The molecule has 0 saturated carbocycles. The number of aryl methyl sites for hydroxylation is 1. The number of carboxylic acids is 1. The summed E-state index contributed by atoms with van der Waals surface area (Å²) in [6, 6.07) is 7.88. The first kappa shape index (κ1) is 14.9. The SMILES string of the molecule is O=C(O)c1ccc(NS(=O)(=O)CCc2ccccn2)nc1. The zero-order chi connectivity index (χ0) is 15.3. The highest BCUT2D eigenvalue weighted by molar-refractivity contribution is 7.92. The number of carbonyl (C=O) groups is 1. The minimum atomic E-state index is -3.57. The van der Waals surface area contributed by atoms with Crippen molar-refractivity contribution in [2.45, 2.75) is 6.42 Å². The third-order valence-electron chi connectivity index (χ3n) is 2.62. The number of aromatic nitrogens is 2. The summed E-state index contributed by atoms with van der Waals surface area (Å²) in [6.45, 7) is 0. The maximum atomic E-state index is 11.9. The smallest absolute Gasteiger partial charge is 0.337 e. The highest BCUT2D eigenvalue weighted by Gasteiger charge is 2.12. The van der Waals surface area contributed by atoms with E-state index in [1.807, 2.05) is 0 Å². The number of pyridine rings is 2. The summed E-state index contributed by atoms with van der Waals surface area (Å²) in [5.74, 6) is -1.17. The third kappa shape index (κ3) is 4.53. The lowest BCUT2D eigenvalue weighted by molar-refractivity contribution is 0.0696. The molecule has 0 spiro atoms. The van der Waals surface area contributed by atoms with Gasteiger partial charge in [-0.1, -0.05) is 6.07 Å². The maximum Gasteiger partial charge on any atom is 0.337 e. The Kier molecular flexibility index (Phi) is 4.49. The molecule has 8 heteroatoms. The average Bonchev–Trinajstić information content (AvgIpc) is 2.46. The van der Waals surface area contributed by atoms with Gasteiger partial charge in [-0.2, -0.15) is 0 Å². The summed E-state index contributed by atoms with van der Waals surface area (Å²) in [7, 11) is -3.57. The maximum absolute atomic E-state index is 11.9. The minimum Gasteiger partial charge on any atom is -0.478 e. The molecule has 2 aromatic heterocycles. The van der Waals surface area contributed by atoms with E-state index in [-0.39, 0.29) is 23.6 Å². The largest absolute Gasteiger partial charge is 0.478 e. The Morgan fingerprint density at radius 3 is 2.57 bits per heavy atom. The second-order valence-corrected chi connectivity index (χ2v) is 6.07. The molecule has 7 nitrogen and oxygen atoms in total. The van der Waals surface area contributed by atoms with Crippen LogP contribution in [0.25, 0.3) is 0 Å². The molecular formula is C13H13N3O4S. The van der Waals surface area contributed by atoms with E-state index < -0.39 is 16.0 Å². The molecule has 2 N–H and O–H groups in total. The quantitative estimate of drug-likeness (QED) is 0.828. The molecule has 0 saturated heterocycles. The lowest BCUT2D eigenvalue weighted by atomic mass is 10.3. The van der Waals surface area contributed by atoms with E-state index in [4.69, 9.17) is 5.11 Å². The molecule has 0 bridgehead atoms. The van der Waals surface area contributed by atoms with Crippen LogP contribution in [-0.4, -0.2) is 35.2 Å². The van der Waals surface area contributed by atoms with E-state index in [1.165, 1.54) is 12.1 Å². The number of hydrogen-bond acceptors (Lipinski definition) is 5. The summed E-state index contributed by atoms with van der Waals surface area (Å²) in [5.41, 5.74) is 0.670. The molecule has 0 atom stereocenters. The van der Waals surface area contributed by atoms with Crippen molar-refractivity contribution in [2.24, 2.45) is 0 Å². The van der Waals surface area contributed by atoms with Crippen LogP contribution < -0.4 is 4.72 Å². The molecule has 0 aromatic carbocycles. The van der Waals surface area contributed by atoms with Crippen LogP contribution in [0.2, 0.25) is 0 Å². The van der Waals surface area contributed by atoms with Gasteiger partial charge >= 0.3 is 5.97 Å². The molecule has 2 aromatic rings. The number of sulfonamides is 1. The Labute approximate surface area is 121 Å². The van der Waals surface area contributed by atoms with Crippen LogP contribution >= 0.6 is 0 Å². The predicted molar refractivity (Wildman–Crippen MR) is 76.5 cm³/mol. The zero-order valence-electron chi connectivity index (χ0n) is 10.9. The summed E-state index contributed by atoms with van der Waals surface area (Å²) in [6.07, 6.45) is 2.98. The number of nitrogens with zero attached hydrogens (tertiary/aromatic N) is 2. The summed E-state index contributed by atoms with van der Waals surface area (Å²) < 4.78 is 26.1. The van der Waals surface area contributed by atoms with E-state index >= 15 is 0 Å². The van der Waals surface area contributed by atoms with E-state index in [0.717, 1.165) is 6.20 Å². The summed E-state index contributed by atoms with van der Waals surface area (Å²) in [4.78, 5) is 18.5. The second kappa shape index (κ2) is 6.31. The van der Waals surface area contributed by atoms with Gasteiger partial charge in [0.1, 0.15) is 5.82 Å². The lowest BCUT2D eigenvalue weighted by Crippen LogP contribution is -2.19. The minimum absolute atomic E-state index is 0.00793. The van der Waals surface area contributed by atoms with Crippen LogP contribution in [0, 0.1) is 0 Å². The third-order valence-corrected chi connectivity index (χ3v) is 3.89. The van der Waals surface area contributed by atoms with E-state index in [2.05, 4.69) is 14.7 Å². The van der Waals surface area contributed by atoms with Gasteiger partial charge in [-0.15, -0.1) is 0 Å². The Balaban J connectivity index is 1.99. The van der Waals surface area contributed by atoms with Crippen LogP contribution in [-0.2, 0) is 16.4 Å². The van der Waals surface area contributed by atoms with Gasteiger partial charge in [0.25, 0.3) is 0 Å². The molecule has 0 aliphatic carbocycles. The highest BCUT2D eigenvalue weighted by Crippen LogP contribution is 2.08. The first-order valence-electron chi connectivity index (χ1n) is 6.06. The van der Waals surface area contributed by atoms with Crippen LogP contribution in [0.1, 0.15) is 16.1 Å². The predicted octanol–water partition coefficient (Wildman–Crippen LogP) is 1.16. The van der Waals surface area contributed by atoms with Crippen molar-refractivity contribution in [1.29, 1.82) is 0 Å². The molecule has 110 valence electrons. The van der Waals surface area contributed by atoms with Gasteiger partial charge in [-0.3, -0.25) is 9.71 Å². The van der Waals surface area contributed by atoms with Gasteiger partial charge in [-0.25, -0.2) is 18.2 Å². The van der Waals surface area contributed by atoms with Crippen molar-refractivity contribution in [2.75, 3.05) is 10.5 Å². The number of aromatic carboxylic acids is 1. The normalized spacial score (nSPS) is 11.0. The Hall–Kier alpha value is -2.48. The Bertz CT molecular complexity index is 715. The first-order valence-corrected chi connectivity index (χ1v) is 7.71.